The first-order valence-electron chi connectivity index (χ1n) is 5.70. The molecule has 0 aliphatic heterocycles. The van der Waals surface area contributed by atoms with Gasteiger partial charge in [0.1, 0.15) is 0 Å². The van der Waals surface area contributed by atoms with Crippen LogP contribution < -0.4 is 5.32 Å². The Hall–Kier alpha value is -0.570. The largest absolute Gasteiger partial charge is 0.394 e. The summed E-state index contributed by atoms with van der Waals surface area (Å²) < 4.78 is 0. The van der Waals surface area contributed by atoms with Gasteiger partial charge >= 0.3 is 0 Å². The molecular formula is C12H23NO2. The van der Waals surface area contributed by atoms with Gasteiger partial charge in [-0.15, -0.1) is 0 Å². The Kier molecular flexibility index (Phi) is 3.15. The number of amides is 1. The van der Waals surface area contributed by atoms with Crippen LogP contribution in [0.2, 0.25) is 0 Å². The average molecular weight is 213 g/mol. The molecule has 1 rings (SSSR count). The quantitative estimate of drug-likeness (QED) is 0.744. The predicted octanol–water partition coefficient (Wildman–Crippen LogP) is 1.56. The van der Waals surface area contributed by atoms with Gasteiger partial charge in [-0.1, -0.05) is 34.6 Å². The molecule has 0 radical (unpaired) electrons. The first kappa shape index (κ1) is 12.5. The highest BCUT2D eigenvalue weighted by Gasteiger charge is 2.68. The maximum atomic E-state index is 11.9. The lowest BCUT2D eigenvalue weighted by molar-refractivity contribution is -0.124. The Bertz CT molecular complexity index is 240. The smallest absolute Gasteiger partial charge is 0.224 e. The molecule has 15 heavy (non-hydrogen) atoms. The number of carbonyl (C=O) groups excluding carboxylic acids is 1. The lowest BCUT2D eigenvalue weighted by Crippen LogP contribution is -2.39. The van der Waals surface area contributed by atoms with Gasteiger partial charge in [-0.3, -0.25) is 4.79 Å². The number of rotatable bonds is 4. The van der Waals surface area contributed by atoms with E-state index in [1.165, 1.54) is 0 Å². The van der Waals surface area contributed by atoms with Crippen LogP contribution in [0.1, 0.15) is 41.0 Å². The summed E-state index contributed by atoms with van der Waals surface area (Å²) in [5, 5.41) is 11.9. The maximum absolute atomic E-state index is 11.9. The van der Waals surface area contributed by atoms with Crippen LogP contribution in [-0.4, -0.2) is 23.7 Å². The van der Waals surface area contributed by atoms with Crippen molar-refractivity contribution in [3.8, 4) is 0 Å². The van der Waals surface area contributed by atoms with Crippen LogP contribution in [0.4, 0.5) is 0 Å². The Labute approximate surface area is 92.3 Å². The summed E-state index contributed by atoms with van der Waals surface area (Å²) in [7, 11) is 0. The molecule has 0 unspecified atom stereocenters. The van der Waals surface area contributed by atoms with Crippen LogP contribution in [0.15, 0.2) is 0 Å². The second-order valence-corrected chi connectivity index (χ2v) is 5.67. The van der Waals surface area contributed by atoms with Crippen LogP contribution in [-0.2, 0) is 4.79 Å². The Morgan fingerprint density at radius 3 is 2.07 bits per heavy atom. The van der Waals surface area contributed by atoms with Crippen LogP contribution in [0.5, 0.6) is 0 Å². The van der Waals surface area contributed by atoms with E-state index in [0.717, 1.165) is 6.42 Å². The Balaban J connectivity index is 2.58. The second-order valence-electron chi connectivity index (χ2n) is 5.67. The molecule has 1 atom stereocenters. The van der Waals surface area contributed by atoms with Gasteiger partial charge in [-0.05, 0) is 17.3 Å². The van der Waals surface area contributed by atoms with Gasteiger partial charge in [0, 0.05) is 5.92 Å². The highest BCUT2D eigenvalue weighted by atomic mass is 16.3. The number of aliphatic hydroxyl groups excluding tert-OH is 1. The van der Waals surface area contributed by atoms with Crippen molar-refractivity contribution < 1.29 is 9.90 Å². The molecule has 0 aromatic heterocycles. The molecule has 0 saturated heterocycles. The molecular weight excluding hydrogens is 190 g/mol. The zero-order chi connectivity index (χ0) is 11.9. The molecule has 88 valence electrons. The minimum absolute atomic E-state index is 0.0236. The van der Waals surface area contributed by atoms with E-state index in [1.807, 2.05) is 6.92 Å². The zero-order valence-electron chi connectivity index (χ0n) is 10.4. The summed E-state index contributed by atoms with van der Waals surface area (Å²) in [5.41, 5.74) is 0.148. The normalized spacial score (nSPS) is 24.7. The molecule has 0 spiro atoms. The molecule has 0 aromatic carbocycles. The van der Waals surface area contributed by atoms with Crippen molar-refractivity contribution in [1.29, 1.82) is 0 Å². The molecule has 1 aliphatic carbocycles. The number of hydrogen-bond acceptors (Lipinski definition) is 2. The van der Waals surface area contributed by atoms with Crippen molar-refractivity contribution in [2.75, 3.05) is 6.61 Å². The first-order valence-corrected chi connectivity index (χ1v) is 5.70. The monoisotopic (exact) mass is 213 g/mol. The van der Waals surface area contributed by atoms with Crippen molar-refractivity contribution in [3.63, 3.8) is 0 Å². The zero-order valence-corrected chi connectivity index (χ0v) is 10.4. The van der Waals surface area contributed by atoms with Crippen molar-refractivity contribution in [1.82, 2.24) is 5.32 Å². The topological polar surface area (TPSA) is 49.3 Å². The van der Waals surface area contributed by atoms with Crippen LogP contribution in [0.25, 0.3) is 0 Å². The highest BCUT2D eigenvalue weighted by molar-refractivity contribution is 5.84. The summed E-state index contributed by atoms with van der Waals surface area (Å²) >= 11 is 0. The third-order valence-electron chi connectivity index (χ3n) is 4.34. The standard InChI is InChI=1S/C12H23NO2/c1-6-8(7-14)13-10(15)9-11(2,3)12(9,4)5/h8-9,14H,6-7H2,1-5H3,(H,13,15)/t8-/m0/s1. The minimum atomic E-state index is -0.0929. The third kappa shape index (κ3) is 1.89. The molecule has 1 amide bonds. The van der Waals surface area contributed by atoms with Crippen molar-refractivity contribution >= 4 is 5.91 Å². The molecule has 1 saturated carbocycles. The van der Waals surface area contributed by atoms with E-state index in [4.69, 9.17) is 5.11 Å². The van der Waals surface area contributed by atoms with Crippen LogP contribution in [0, 0.1) is 16.7 Å². The predicted molar refractivity (Wildman–Crippen MR) is 60.4 cm³/mol. The van der Waals surface area contributed by atoms with Gasteiger partial charge in [0.25, 0.3) is 0 Å². The van der Waals surface area contributed by atoms with E-state index in [-0.39, 0.29) is 35.3 Å². The lowest BCUT2D eigenvalue weighted by Gasteiger charge is -2.14. The average Bonchev–Trinajstić information content (AvgIpc) is 2.53. The number of nitrogens with one attached hydrogen (secondary N) is 1. The van der Waals surface area contributed by atoms with E-state index >= 15 is 0 Å². The molecule has 0 heterocycles. The van der Waals surface area contributed by atoms with Crippen LogP contribution in [0.3, 0.4) is 0 Å². The molecule has 3 heteroatoms. The Morgan fingerprint density at radius 2 is 1.80 bits per heavy atom. The number of aliphatic hydroxyl groups is 1. The van der Waals surface area contributed by atoms with Gasteiger partial charge in [-0.2, -0.15) is 0 Å². The minimum Gasteiger partial charge on any atom is -0.394 e. The van der Waals surface area contributed by atoms with Gasteiger partial charge in [0.05, 0.1) is 12.6 Å². The van der Waals surface area contributed by atoms with E-state index < -0.39 is 0 Å². The highest BCUT2D eigenvalue weighted by Crippen LogP contribution is 2.68. The van der Waals surface area contributed by atoms with E-state index in [0.29, 0.717) is 0 Å². The van der Waals surface area contributed by atoms with Gasteiger partial charge in [0.15, 0.2) is 0 Å². The fourth-order valence-electron chi connectivity index (χ4n) is 2.41. The Morgan fingerprint density at radius 1 is 1.33 bits per heavy atom. The number of hydrogen-bond donors (Lipinski definition) is 2. The lowest BCUT2D eigenvalue weighted by atomic mass is 10.0. The summed E-state index contributed by atoms with van der Waals surface area (Å²) in [6.45, 7) is 10.5. The fourth-order valence-corrected chi connectivity index (χ4v) is 2.41. The number of carbonyl (C=O) groups is 1. The SMILES string of the molecule is CC[C@@H](CO)NC(=O)C1C(C)(C)C1(C)C. The van der Waals surface area contributed by atoms with Gasteiger partial charge in [0.2, 0.25) is 5.91 Å². The third-order valence-corrected chi connectivity index (χ3v) is 4.34. The van der Waals surface area contributed by atoms with Crippen molar-refractivity contribution in [2.45, 2.75) is 47.1 Å². The van der Waals surface area contributed by atoms with Crippen molar-refractivity contribution in [3.05, 3.63) is 0 Å². The molecule has 0 aromatic rings. The van der Waals surface area contributed by atoms with Gasteiger partial charge < -0.3 is 10.4 Å². The van der Waals surface area contributed by atoms with Gasteiger partial charge in [-0.25, -0.2) is 0 Å². The molecule has 0 bridgehead atoms. The second kappa shape index (κ2) is 3.78. The maximum Gasteiger partial charge on any atom is 0.224 e. The fraction of sp³-hybridized carbons (Fsp3) is 0.917. The van der Waals surface area contributed by atoms with Crippen molar-refractivity contribution in [2.24, 2.45) is 16.7 Å². The molecule has 1 fully saturated rings. The van der Waals surface area contributed by atoms with E-state index in [2.05, 4.69) is 33.0 Å². The molecule has 3 nitrogen and oxygen atoms in total. The summed E-state index contributed by atoms with van der Waals surface area (Å²) in [6.07, 6.45) is 0.774. The van der Waals surface area contributed by atoms with E-state index in [1.54, 1.807) is 0 Å². The summed E-state index contributed by atoms with van der Waals surface area (Å²) in [5.74, 6) is 0.163. The molecule has 2 N–H and O–H groups in total. The van der Waals surface area contributed by atoms with E-state index in [9.17, 15) is 4.79 Å². The van der Waals surface area contributed by atoms with Crippen LogP contribution >= 0.6 is 0 Å². The summed E-state index contributed by atoms with van der Waals surface area (Å²) in [6, 6.07) is -0.0929. The summed E-state index contributed by atoms with van der Waals surface area (Å²) in [4.78, 5) is 11.9. The molecule has 1 aliphatic rings. The first-order chi connectivity index (χ1) is 6.79.